The molecule has 1 amide bonds. The van der Waals surface area contributed by atoms with E-state index < -0.39 is 0 Å². The van der Waals surface area contributed by atoms with E-state index in [1.54, 1.807) is 6.20 Å². The van der Waals surface area contributed by atoms with Gasteiger partial charge in [0.2, 0.25) is 5.91 Å². The number of benzene rings is 2. The summed E-state index contributed by atoms with van der Waals surface area (Å²) in [7, 11) is 0. The van der Waals surface area contributed by atoms with Crippen molar-refractivity contribution in [3.8, 4) is 0 Å². The molecule has 3 aromatic rings. The van der Waals surface area contributed by atoms with Crippen LogP contribution >= 0.6 is 23.4 Å². The van der Waals surface area contributed by atoms with E-state index in [1.165, 1.54) is 17.3 Å². The van der Waals surface area contributed by atoms with Crippen LogP contribution in [0.3, 0.4) is 0 Å². The maximum atomic E-state index is 12.2. The number of halogens is 1. The van der Waals surface area contributed by atoms with Gasteiger partial charge in [-0.3, -0.25) is 4.79 Å². The molecule has 0 fully saturated rings. The predicted octanol–water partition coefficient (Wildman–Crippen LogP) is 4.88. The van der Waals surface area contributed by atoms with Crippen LogP contribution in [0.4, 0.5) is 5.69 Å². The lowest BCUT2D eigenvalue weighted by molar-refractivity contribution is -0.113. The predicted molar refractivity (Wildman–Crippen MR) is 108 cm³/mol. The number of rotatable bonds is 7. The van der Waals surface area contributed by atoms with Crippen LogP contribution in [0, 0.1) is 0 Å². The molecule has 3 rings (SSSR count). The minimum Gasteiger partial charge on any atom is -0.325 e. The number of hydrogen-bond donors (Lipinski definition) is 1. The van der Waals surface area contributed by atoms with Crippen LogP contribution in [0.15, 0.2) is 66.1 Å². The van der Waals surface area contributed by atoms with Gasteiger partial charge >= 0.3 is 0 Å². The zero-order valence-electron chi connectivity index (χ0n) is 14.5. The minimum atomic E-state index is -0.0495. The van der Waals surface area contributed by atoms with Crippen LogP contribution in [-0.2, 0) is 17.8 Å². The van der Waals surface area contributed by atoms with Gasteiger partial charge in [0.25, 0.3) is 0 Å². The molecule has 0 aliphatic rings. The van der Waals surface area contributed by atoms with Crippen molar-refractivity contribution in [2.45, 2.75) is 25.0 Å². The Morgan fingerprint density at radius 1 is 1.19 bits per heavy atom. The molecule has 0 radical (unpaired) electrons. The summed E-state index contributed by atoms with van der Waals surface area (Å²) < 4.78 is 2.00. The second-order valence-electron chi connectivity index (χ2n) is 5.82. The summed E-state index contributed by atoms with van der Waals surface area (Å²) in [4.78, 5) is 16.5. The number of nitrogens with one attached hydrogen (secondary N) is 1. The molecule has 6 heteroatoms. The smallest absolute Gasteiger partial charge is 0.234 e. The Morgan fingerprint density at radius 2 is 1.96 bits per heavy atom. The summed E-state index contributed by atoms with van der Waals surface area (Å²) in [5.74, 6) is 0.251. The molecule has 0 saturated carbocycles. The fourth-order valence-corrected chi connectivity index (χ4v) is 3.47. The van der Waals surface area contributed by atoms with Crippen molar-refractivity contribution in [1.29, 1.82) is 0 Å². The third-order valence-electron chi connectivity index (χ3n) is 3.95. The first-order chi connectivity index (χ1) is 12.7. The van der Waals surface area contributed by atoms with Gasteiger partial charge in [-0.05, 0) is 35.7 Å². The number of amides is 1. The van der Waals surface area contributed by atoms with E-state index in [0.29, 0.717) is 12.3 Å². The number of carbonyl (C=O) groups is 1. The largest absolute Gasteiger partial charge is 0.325 e. The second-order valence-corrected chi connectivity index (χ2v) is 7.17. The highest BCUT2D eigenvalue weighted by Crippen LogP contribution is 2.21. The van der Waals surface area contributed by atoms with Gasteiger partial charge in [0.1, 0.15) is 0 Å². The molecule has 0 atom stereocenters. The first-order valence-electron chi connectivity index (χ1n) is 8.42. The van der Waals surface area contributed by atoms with E-state index >= 15 is 0 Å². The highest BCUT2D eigenvalue weighted by Gasteiger charge is 2.10. The van der Waals surface area contributed by atoms with Gasteiger partial charge in [-0.25, -0.2) is 4.98 Å². The van der Waals surface area contributed by atoms with Crippen LogP contribution in [0.1, 0.15) is 18.1 Å². The molecule has 0 aliphatic heterocycles. The fourth-order valence-electron chi connectivity index (χ4n) is 2.52. The van der Waals surface area contributed by atoms with Gasteiger partial charge in [-0.15, -0.1) is 0 Å². The summed E-state index contributed by atoms with van der Waals surface area (Å²) in [6.45, 7) is 2.73. The molecule has 26 heavy (non-hydrogen) atoms. The van der Waals surface area contributed by atoms with E-state index in [4.69, 9.17) is 11.6 Å². The van der Waals surface area contributed by atoms with Gasteiger partial charge in [0.15, 0.2) is 5.16 Å². The van der Waals surface area contributed by atoms with Crippen LogP contribution in [0.5, 0.6) is 0 Å². The molecule has 1 N–H and O–H groups in total. The van der Waals surface area contributed by atoms with Gasteiger partial charge < -0.3 is 9.88 Å². The van der Waals surface area contributed by atoms with E-state index in [-0.39, 0.29) is 5.91 Å². The van der Waals surface area contributed by atoms with E-state index in [2.05, 4.69) is 17.2 Å². The average Bonchev–Trinajstić information content (AvgIpc) is 3.10. The standard InChI is InChI=1S/C20H20ClN3OS/c1-2-15-7-9-17(10-8-15)23-19(25)14-26-20-22-11-12-24(20)13-16-5-3-4-6-18(16)21/h3-12H,2,13-14H2,1H3,(H,23,25). The second kappa shape index (κ2) is 8.92. The molecule has 134 valence electrons. The first-order valence-corrected chi connectivity index (χ1v) is 9.78. The monoisotopic (exact) mass is 385 g/mol. The summed E-state index contributed by atoms with van der Waals surface area (Å²) in [5.41, 5.74) is 3.08. The Morgan fingerprint density at radius 3 is 2.69 bits per heavy atom. The normalized spacial score (nSPS) is 10.7. The van der Waals surface area contributed by atoms with E-state index in [9.17, 15) is 4.79 Å². The molecule has 0 spiro atoms. The van der Waals surface area contributed by atoms with Crippen molar-refractivity contribution in [2.75, 3.05) is 11.1 Å². The SMILES string of the molecule is CCc1ccc(NC(=O)CSc2nccn2Cc2ccccc2Cl)cc1. The van der Waals surface area contributed by atoms with E-state index in [1.807, 2.05) is 59.3 Å². The van der Waals surface area contributed by atoms with Crippen molar-refractivity contribution in [3.63, 3.8) is 0 Å². The lowest BCUT2D eigenvalue weighted by Crippen LogP contribution is -2.14. The molecule has 1 heterocycles. The molecule has 0 unspecified atom stereocenters. The molecule has 0 aliphatic carbocycles. The zero-order valence-corrected chi connectivity index (χ0v) is 16.1. The van der Waals surface area contributed by atoms with Gasteiger partial charge in [0, 0.05) is 23.1 Å². The number of aromatic nitrogens is 2. The number of anilines is 1. The number of aryl methyl sites for hydroxylation is 1. The Labute approximate surface area is 162 Å². The maximum absolute atomic E-state index is 12.2. The number of nitrogens with zero attached hydrogens (tertiary/aromatic N) is 2. The molecular formula is C20H20ClN3OS. The molecule has 0 bridgehead atoms. The topological polar surface area (TPSA) is 46.9 Å². The number of imidazole rings is 1. The Hall–Kier alpha value is -2.24. The summed E-state index contributed by atoms with van der Waals surface area (Å²) in [6, 6.07) is 15.6. The summed E-state index contributed by atoms with van der Waals surface area (Å²) in [5, 5.41) is 4.44. The molecular weight excluding hydrogens is 366 g/mol. The minimum absolute atomic E-state index is 0.0495. The highest BCUT2D eigenvalue weighted by atomic mass is 35.5. The Bertz CT molecular complexity index is 877. The zero-order chi connectivity index (χ0) is 18.4. The molecule has 4 nitrogen and oxygen atoms in total. The average molecular weight is 386 g/mol. The summed E-state index contributed by atoms with van der Waals surface area (Å²) >= 11 is 7.64. The van der Waals surface area contributed by atoms with Crippen LogP contribution in [0.2, 0.25) is 5.02 Å². The quantitative estimate of drug-likeness (QED) is 0.590. The molecule has 0 saturated heterocycles. The Balaban J connectivity index is 1.57. The fraction of sp³-hybridized carbons (Fsp3) is 0.200. The van der Waals surface area contributed by atoms with Crippen molar-refractivity contribution in [1.82, 2.24) is 9.55 Å². The highest BCUT2D eigenvalue weighted by molar-refractivity contribution is 7.99. The third kappa shape index (κ3) is 4.90. The van der Waals surface area contributed by atoms with Crippen molar-refractivity contribution >= 4 is 35.0 Å². The molecule has 1 aromatic heterocycles. The number of carbonyl (C=O) groups excluding carboxylic acids is 1. The van der Waals surface area contributed by atoms with Crippen LogP contribution < -0.4 is 5.32 Å². The lowest BCUT2D eigenvalue weighted by atomic mass is 10.1. The lowest BCUT2D eigenvalue weighted by Gasteiger charge is -2.09. The van der Waals surface area contributed by atoms with Gasteiger partial charge in [-0.1, -0.05) is 60.6 Å². The Kier molecular flexibility index (Phi) is 6.36. The third-order valence-corrected chi connectivity index (χ3v) is 5.33. The molecule has 2 aromatic carbocycles. The summed E-state index contributed by atoms with van der Waals surface area (Å²) in [6.07, 6.45) is 4.62. The van der Waals surface area contributed by atoms with Crippen molar-refractivity contribution in [2.24, 2.45) is 0 Å². The van der Waals surface area contributed by atoms with Gasteiger partial charge in [-0.2, -0.15) is 0 Å². The van der Waals surface area contributed by atoms with Crippen LogP contribution in [0.25, 0.3) is 0 Å². The van der Waals surface area contributed by atoms with Gasteiger partial charge in [0.05, 0.1) is 12.3 Å². The first kappa shape index (κ1) is 18.5. The van der Waals surface area contributed by atoms with Crippen molar-refractivity contribution < 1.29 is 4.79 Å². The number of hydrogen-bond acceptors (Lipinski definition) is 3. The van der Waals surface area contributed by atoms with E-state index in [0.717, 1.165) is 27.9 Å². The van der Waals surface area contributed by atoms with Crippen molar-refractivity contribution in [3.05, 3.63) is 77.1 Å². The van der Waals surface area contributed by atoms with Crippen LogP contribution in [-0.4, -0.2) is 21.2 Å². The maximum Gasteiger partial charge on any atom is 0.234 e. The number of thioether (sulfide) groups is 1.